The molecule has 0 atom stereocenters. The van der Waals surface area contributed by atoms with Gasteiger partial charge in [0.15, 0.2) is 5.82 Å². The van der Waals surface area contributed by atoms with Crippen LogP contribution in [0.4, 0.5) is 11.5 Å². The van der Waals surface area contributed by atoms with Crippen LogP contribution in [-0.4, -0.2) is 47.5 Å². The number of carbonyl (C=O) groups is 1. The monoisotopic (exact) mass is 413 g/mol. The summed E-state index contributed by atoms with van der Waals surface area (Å²) in [6.07, 6.45) is 6.71. The molecule has 1 saturated carbocycles. The van der Waals surface area contributed by atoms with Gasteiger partial charge in [-0.3, -0.25) is 9.20 Å². The molecule has 1 aromatic carbocycles. The Bertz CT molecular complexity index is 1200. The molecule has 1 aliphatic carbocycles. The Morgan fingerprint density at radius 3 is 2.76 bits per heavy atom. The Balaban J connectivity index is 1.76. The van der Waals surface area contributed by atoms with E-state index in [0.717, 1.165) is 24.1 Å². The molecular weight excluding hydrogens is 390 g/mol. The summed E-state index contributed by atoms with van der Waals surface area (Å²) >= 11 is 0. The van der Waals surface area contributed by atoms with Crippen LogP contribution in [0, 0.1) is 6.92 Å². The van der Waals surface area contributed by atoms with Gasteiger partial charge in [0, 0.05) is 36.7 Å². The molecule has 152 valence electrons. The first-order chi connectivity index (χ1) is 13.8. The zero-order valence-electron chi connectivity index (χ0n) is 16.6. The van der Waals surface area contributed by atoms with Gasteiger partial charge in [0.05, 0.1) is 11.9 Å². The quantitative estimate of drug-likeness (QED) is 0.667. The standard InChI is InChI=1S/C20H23N5O3S/c1-4-29(27,28)20-22-12-17-18(21-9-10-25(17)20)24(3)16-11-14(6-5-13(16)2)19(26)23-15-7-8-15/h5-6,9-12,15H,4,7-8H2,1-3H3,(H,23,26). The largest absolute Gasteiger partial charge is 0.349 e. The summed E-state index contributed by atoms with van der Waals surface area (Å²) in [6.45, 7) is 3.55. The summed E-state index contributed by atoms with van der Waals surface area (Å²) in [7, 11) is -1.63. The van der Waals surface area contributed by atoms with Crippen LogP contribution in [0.1, 0.15) is 35.7 Å². The van der Waals surface area contributed by atoms with Crippen molar-refractivity contribution in [3.05, 3.63) is 47.9 Å². The second kappa shape index (κ2) is 7.14. The number of rotatable bonds is 6. The molecule has 9 heteroatoms. The molecule has 8 nitrogen and oxygen atoms in total. The molecule has 2 aromatic heterocycles. The van der Waals surface area contributed by atoms with Crippen molar-refractivity contribution in [3.63, 3.8) is 0 Å². The number of anilines is 2. The zero-order chi connectivity index (χ0) is 20.8. The highest BCUT2D eigenvalue weighted by Crippen LogP contribution is 2.30. The predicted octanol–water partition coefficient (Wildman–Crippen LogP) is 2.49. The highest BCUT2D eigenvalue weighted by atomic mass is 32.2. The van der Waals surface area contributed by atoms with Crippen LogP contribution in [0.15, 0.2) is 41.9 Å². The fraction of sp³-hybridized carbons (Fsp3) is 0.350. The third-order valence-electron chi connectivity index (χ3n) is 5.13. The first-order valence-electron chi connectivity index (χ1n) is 9.52. The summed E-state index contributed by atoms with van der Waals surface area (Å²) in [5, 5.41) is 3.00. The first-order valence-corrected chi connectivity index (χ1v) is 11.2. The Morgan fingerprint density at radius 1 is 1.31 bits per heavy atom. The van der Waals surface area contributed by atoms with E-state index in [1.165, 1.54) is 10.6 Å². The summed E-state index contributed by atoms with van der Waals surface area (Å²) in [5.41, 5.74) is 2.95. The number of aryl methyl sites for hydroxylation is 1. The molecule has 3 aromatic rings. The highest BCUT2D eigenvalue weighted by molar-refractivity contribution is 7.91. The summed E-state index contributed by atoms with van der Waals surface area (Å²) in [4.78, 5) is 22.9. The van der Waals surface area contributed by atoms with E-state index in [2.05, 4.69) is 15.3 Å². The number of imidazole rings is 1. The number of nitrogens with zero attached hydrogens (tertiary/aromatic N) is 4. The molecule has 29 heavy (non-hydrogen) atoms. The molecule has 0 spiro atoms. The number of hydrogen-bond acceptors (Lipinski definition) is 6. The predicted molar refractivity (Wildman–Crippen MR) is 110 cm³/mol. The number of fused-ring (bicyclic) bond motifs is 1. The molecule has 1 aliphatic rings. The lowest BCUT2D eigenvalue weighted by molar-refractivity contribution is 0.0951. The van der Waals surface area contributed by atoms with Crippen LogP contribution in [0.2, 0.25) is 0 Å². The van der Waals surface area contributed by atoms with E-state index in [-0.39, 0.29) is 22.9 Å². The summed E-state index contributed by atoms with van der Waals surface area (Å²) in [5.74, 6) is 0.436. The number of nitrogens with one attached hydrogen (secondary N) is 1. The normalized spacial score (nSPS) is 14.2. The number of amides is 1. The van der Waals surface area contributed by atoms with Gasteiger partial charge in [-0.05, 0) is 37.5 Å². The summed E-state index contributed by atoms with van der Waals surface area (Å²) < 4.78 is 26.2. The van der Waals surface area contributed by atoms with Crippen LogP contribution in [0.25, 0.3) is 5.52 Å². The van der Waals surface area contributed by atoms with Crippen molar-refractivity contribution in [1.29, 1.82) is 0 Å². The van der Waals surface area contributed by atoms with Crippen LogP contribution >= 0.6 is 0 Å². The molecule has 1 amide bonds. The van der Waals surface area contributed by atoms with E-state index in [1.54, 1.807) is 19.3 Å². The van der Waals surface area contributed by atoms with Gasteiger partial charge < -0.3 is 10.2 Å². The SMILES string of the molecule is CCS(=O)(=O)c1ncc2c(N(C)c3cc(C(=O)NC4CC4)ccc3C)nccn12. The molecule has 0 radical (unpaired) electrons. The van der Waals surface area contributed by atoms with Gasteiger partial charge in [0.25, 0.3) is 5.91 Å². The molecule has 4 rings (SSSR count). The lowest BCUT2D eigenvalue weighted by Gasteiger charge is -2.22. The van der Waals surface area contributed by atoms with Crippen molar-refractivity contribution < 1.29 is 13.2 Å². The fourth-order valence-electron chi connectivity index (χ4n) is 3.23. The third kappa shape index (κ3) is 3.57. The maximum absolute atomic E-state index is 12.5. The summed E-state index contributed by atoms with van der Waals surface area (Å²) in [6, 6.07) is 5.82. The minimum Gasteiger partial charge on any atom is -0.349 e. The van der Waals surface area contributed by atoms with Gasteiger partial charge in [0.1, 0.15) is 5.52 Å². The number of hydrogen-bond donors (Lipinski definition) is 1. The van der Waals surface area contributed by atoms with E-state index >= 15 is 0 Å². The maximum Gasteiger partial charge on any atom is 0.251 e. The molecule has 0 bridgehead atoms. The van der Waals surface area contributed by atoms with Crippen molar-refractivity contribution in [2.45, 2.75) is 37.9 Å². The van der Waals surface area contributed by atoms with Gasteiger partial charge >= 0.3 is 0 Å². The van der Waals surface area contributed by atoms with Crippen molar-refractivity contribution in [2.24, 2.45) is 0 Å². The smallest absolute Gasteiger partial charge is 0.251 e. The Hall–Kier alpha value is -2.94. The van der Waals surface area contributed by atoms with Crippen molar-refractivity contribution in [2.75, 3.05) is 17.7 Å². The average molecular weight is 414 g/mol. The van der Waals surface area contributed by atoms with Crippen LogP contribution < -0.4 is 10.2 Å². The van der Waals surface area contributed by atoms with Crippen molar-refractivity contribution in [1.82, 2.24) is 19.7 Å². The van der Waals surface area contributed by atoms with Gasteiger partial charge in [0.2, 0.25) is 15.0 Å². The number of carbonyl (C=O) groups excluding carboxylic acids is 1. The number of aromatic nitrogens is 3. The second-order valence-corrected chi connectivity index (χ2v) is 9.43. The molecule has 0 unspecified atom stereocenters. The van der Waals surface area contributed by atoms with Gasteiger partial charge in [-0.15, -0.1) is 0 Å². The lowest BCUT2D eigenvalue weighted by Crippen LogP contribution is -2.25. The van der Waals surface area contributed by atoms with Crippen LogP contribution in [-0.2, 0) is 9.84 Å². The number of benzene rings is 1. The van der Waals surface area contributed by atoms with Crippen LogP contribution in [0.3, 0.4) is 0 Å². The number of sulfone groups is 1. The van der Waals surface area contributed by atoms with E-state index in [4.69, 9.17) is 0 Å². The van der Waals surface area contributed by atoms with Gasteiger partial charge in [-0.25, -0.2) is 18.4 Å². The first kappa shape index (κ1) is 19.4. The van der Waals surface area contributed by atoms with Crippen LogP contribution in [0.5, 0.6) is 0 Å². The third-order valence-corrected chi connectivity index (χ3v) is 6.74. The molecule has 0 saturated heterocycles. The van der Waals surface area contributed by atoms with Gasteiger partial charge in [-0.1, -0.05) is 13.0 Å². The van der Waals surface area contributed by atoms with E-state index in [1.807, 2.05) is 37.1 Å². The Labute approximate surface area is 169 Å². The minimum absolute atomic E-state index is 0.00124. The topological polar surface area (TPSA) is 96.7 Å². The van der Waals surface area contributed by atoms with Gasteiger partial charge in [-0.2, -0.15) is 0 Å². The molecular formula is C20H23N5O3S. The molecule has 0 aliphatic heterocycles. The zero-order valence-corrected chi connectivity index (χ0v) is 17.4. The fourth-order valence-corrected chi connectivity index (χ4v) is 4.16. The van der Waals surface area contributed by atoms with E-state index in [9.17, 15) is 13.2 Å². The molecule has 1 fully saturated rings. The lowest BCUT2D eigenvalue weighted by atomic mass is 10.1. The molecule has 1 N–H and O–H groups in total. The van der Waals surface area contributed by atoms with E-state index < -0.39 is 9.84 Å². The Kier molecular flexibility index (Phi) is 4.77. The maximum atomic E-state index is 12.5. The highest BCUT2D eigenvalue weighted by Gasteiger charge is 2.25. The Morgan fingerprint density at radius 2 is 2.07 bits per heavy atom. The van der Waals surface area contributed by atoms with Crippen molar-refractivity contribution >= 4 is 32.8 Å². The van der Waals surface area contributed by atoms with E-state index in [0.29, 0.717) is 16.9 Å². The molecule has 2 heterocycles. The average Bonchev–Trinajstić information content (AvgIpc) is 3.41. The second-order valence-electron chi connectivity index (χ2n) is 7.26. The van der Waals surface area contributed by atoms with Crippen molar-refractivity contribution in [3.8, 4) is 0 Å². The minimum atomic E-state index is -3.47.